The molecule has 2 aliphatic rings. The normalized spacial score (nSPS) is 22.5. The van der Waals surface area contributed by atoms with Crippen LogP contribution in [0.5, 0.6) is 0 Å². The molecule has 2 fully saturated rings. The van der Waals surface area contributed by atoms with Crippen molar-refractivity contribution in [1.29, 1.82) is 0 Å². The molecule has 1 aromatic rings. The Bertz CT molecular complexity index is 569. The largest absolute Gasteiger partial charge is 0.325 e. The first-order valence-electron chi connectivity index (χ1n) is 9.57. The molecule has 0 saturated carbocycles. The molecule has 0 aromatic heterocycles. The number of urea groups is 1. The molecular formula is C20H30FN3O. The van der Waals surface area contributed by atoms with Crippen LogP contribution in [0.25, 0.3) is 0 Å². The van der Waals surface area contributed by atoms with Gasteiger partial charge in [0.1, 0.15) is 5.82 Å². The number of halogens is 1. The molecule has 4 nitrogen and oxygen atoms in total. The Balaban J connectivity index is 1.69. The number of hydrogen-bond donors (Lipinski definition) is 0. The average Bonchev–Trinajstić information content (AvgIpc) is 3.04. The first-order valence-corrected chi connectivity index (χ1v) is 9.57. The summed E-state index contributed by atoms with van der Waals surface area (Å²) in [6, 6.07) is 7.34. The maximum absolute atomic E-state index is 13.2. The molecule has 2 aliphatic heterocycles. The molecule has 1 atom stereocenters. The van der Waals surface area contributed by atoms with Crippen LogP contribution in [0.2, 0.25) is 0 Å². The molecule has 3 rings (SSSR count). The van der Waals surface area contributed by atoms with Crippen LogP contribution >= 0.6 is 0 Å². The van der Waals surface area contributed by atoms with E-state index in [-0.39, 0.29) is 11.8 Å². The van der Waals surface area contributed by atoms with Crippen LogP contribution in [0.1, 0.15) is 38.7 Å². The molecule has 0 bridgehead atoms. The van der Waals surface area contributed by atoms with Gasteiger partial charge in [-0.25, -0.2) is 9.18 Å². The second kappa shape index (κ2) is 8.17. The van der Waals surface area contributed by atoms with Gasteiger partial charge < -0.3 is 9.80 Å². The smallest absolute Gasteiger partial charge is 0.320 e. The first-order chi connectivity index (χ1) is 12.0. The van der Waals surface area contributed by atoms with Crippen LogP contribution in [-0.2, 0) is 6.54 Å². The van der Waals surface area contributed by atoms with Gasteiger partial charge in [-0.3, -0.25) is 4.90 Å². The lowest BCUT2D eigenvalue weighted by atomic mass is 10.0. The second-order valence-electron chi connectivity index (χ2n) is 7.68. The van der Waals surface area contributed by atoms with E-state index in [0.29, 0.717) is 12.0 Å². The number of hydrogen-bond acceptors (Lipinski definition) is 2. The molecule has 2 heterocycles. The zero-order valence-corrected chi connectivity index (χ0v) is 15.5. The van der Waals surface area contributed by atoms with Crippen LogP contribution in [0.3, 0.4) is 0 Å². The summed E-state index contributed by atoms with van der Waals surface area (Å²) in [5, 5.41) is 0. The molecule has 5 heteroatoms. The zero-order chi connectivity index (χ0) is 17.8. The minimum atomic E-state index is -0.192. The summed E-state index contributed by atoms with van der Waals surface area (Å²) in [4.78, 5) is 19.3. The van der Waals surface area contributed by atoms with E-state index in [4.69, 9.17) is 0 Å². The molecule has 25 heavy (non-hydrogen) atoms. The summed E-state index contributed by atoms with van der Waals surface area (Å²) in [7, 11) is 0. The third kappa shape index (κ3) is 4.51. The predicted molar refractivity (Wildman–Crippen MR) is 97.8 cm³/mol. The highest BCUT2D eigenvalue weighted by atomic mass is 19.1. The Morgan fingerprint density at radius 3 is 2.32 bits per heavy atom. The second-order valence-corrected chi connectivity index (χ2v) is 7.68. The quantitative estimate of drug-likeness (QED) is 0.836. The van der Waals surface area contributed by atoms with Crippen LogP contribution in [0.4, 0.5) is 9.18 Å². The highest BCUT2D eigenvalue weighted by Crippen LogP contribution is 2.22. The molecule has 2 amide bonds. The minimum Gasteiger partial charge on any atom is -0.325 e. The van der Waals surface area contributed by atoms with Crippen molar-refractivity contribution in [3.63, 3.8) is 0 Å². The standard InChI is InChI=1S/C20H30FN3O/c1-16(2)19-15-24(20(25)22-10-3-4-11-22)13-5-12-23(19)14-17-6-8-18(21)9-7-17/h6-9,16,19H,3-5,10-15H2,1-2H3/t19-/m1/s1. The number of benzene rings is 1. The van der Waals surface area contributed by atoms with E-state index in [0.717, 1.165) is 64.1 Å². The number of likely N-dealkylation sites (tertiary alicyclic amines) is 1. The summed E-state index contributed by atoms with van der Waals surface area (Å²) >= 11 is 0. The molecular weight excluding hydrogens is 317 g/mol. The van der Waals surface area contributed by atoms with Crippen molar-refractivity contribution >= 4 is 6.03 Å². The van der Waals surface area contributed by atoms with Crippen molar-refractivity contribution in [3.05, 3.63) is 35.6 Å². The summed E-state index contributed by atoms with van der Waals surface area (Å²) in [6.45, 7) is 9.67. The van der Waals surface area contributed by atoms with E-state index < -0.39 is 0 Å². The maximum atomic E-state index is 13.2. The summed E-state index contributed by atoms with van der Waals surface area (Å²) in [5.41, 5.74) is 1.13. The zero-order valence-electron chi connectivity index (χ0n) is 15.5. The number of nitrogens with zero attached hydrogens (tertiary/aromatic N) is 3. The van der Waals surface area contributed by atoms with Gasteiger partial charge in [0.25, 0.3) is 0 Å². The first kappa shape index (κ1) is 18.2. The van der Waals surface area contributed by atoms with Crippen LogP contribution < -0.4 is 0 Å². The summed E-state index contributed by atoms with van der Waals surface area (Å²) < 4.78 is 13.2. The van der Waals surface area contributed by atoms with Gasteiger partial charge in [-0.1, -0.05) is 26.0 Å². The van der Waals surface area contributed by atoms with E-state index in [1.165, 1.54) is 12.1 Å². The van der Waals surface area contributed by atoms with Gasteiger partial charge in [0.2, 0.25) is 0 Å². The Morgan fingerprint density at radius 1 is 1.04 bits per heavy atom. The van der Waals surface area contributed by atoms with Crippen LogP contribution in [0.15, 0.2) is 24.3 Å². The minimum absolute atomic E-state index is 0.192. The molecule has 0 spiro atoms. The maximum Gasteiger partial charge on any atom is 0.320 e. The number of amides is 2. The topological polar surface area (TPSA) is 26.8 Å². The summed E-state index contributed by atoms with van der Waals surface area (Å²) in [5.74, 6) is 0.273. The number of carbonyl (C=O) groups is 1. The number of carbonyl (C=O) groups excluding carboxylic acids is 1. The van der Waals surface area contributed by atoms with E-state index in [9.17, 15) is 9.18 Å². The third-order valence-corrected chi connectivity index (χ3v) is 5.47. The molecule has 1 aromatic carbocycles. The van der Waals surface area contributed by atoms with E-state index in [1.54, 1.807) is 0 Å². The average molecular weight is 347 g/mol. The third-order valence-electron chi connectivity index (χ3n) is 5.47. The van der Waals surface area contributed by atoms with Crippen molar-refractivity contribution in [1.82, 2.24) is 14.7 Å². The van der Waals surface area contributed by atoms with Crippen molar-refractivity contribution < 1.29 is 9.18 Å². The fourth-order valence-electron chi connectivity index (χ4n) is 4.00. The Kier molecular flexibility index (Phi) is 5.94. The van der Waals surface area contributed by atoms with Crippen molar-refractivity contribution in [3.8, 4) is 0 Å². The predicted octanol–water partition coefficient (Wildman–Crippen LogP) is 3.57. The van der Waals surface area contributed by atoms with Gasteiger partial charge in [0, 0.05) is 45.3 Å². The molecule has 0 N–H and O–H groups in total. The lowest BCUT2D eigenvalue weighted by molar-refractivity contribution is 0.124. The van der Waals surface area contributed by atoms with Crippen molar-refractivity contribution in [2.45, 2.75) is 45.7 Å². The highest BCUT2D eigenvalue weighted by Gasteiger charge is 2.32. The molecule has 138 valence electrons. The van der Waals surface area contributed by atoms with Crippen molar-refractivity contribution in [2.24, 2.45) is 5.92 Å². The van der Waals surface area contributed by atoms with Crippen LogP contribution in [0, 0.1) is 11.7 Å². The van der Waals surface area contributed by atoms with Gasteiger partial charge in [-0.2, -0.15) is 0 Å². The van der Waals surface area contributed by atoms with Gasteiger partial charge in [0.15, 0.2) is 0 Å². The lowest BCUT2D eigenvalue weighted by Gasteiger charge is -2.35. The van der Waals surface area contributed by atoms with Crippen LogP contribution in [-0.4, -0.2) is 59.5 Å². The fourth-order valence-corrected chi connectivity index (χ4v) is 4.00. The molecule has 0 radical (unpaired) electrons. The SMILES string of the molecule is CC(C)[C@H]1CN(C(=O)N2CCCC2)CCCN1Cc1ccc(F)cc1. The molecule has 0 aliphatic carbocycles. The van der Waals surface area contributed by atoms with Gasteiger partial charge >= 0.3 is 6.03 Å². The molecule has 2 saturated heterocycles. The monoisotopic (exact) mass is 347 g/mol. The van der Waals surface area contributed by atoms with Gasteiger partial charge in [-0.05, 0) is 42.9 Å². The Morgan fingerprint density at radius 2 is 1.68 bits per heavy atom. The lowest BCUT2D eigenvalue weighted by Crippen LogP contribution is -2.48. The highest BCUT2D eigenvalue weighted by molar-refractivity contribution is 5.74. The van der Waals surface area contributed by atoms with Gasteiger partial charge in [0.05, 0.1) is 0 Å². The Labute approximate surface area is 150 Å². The summed E-state index contributed by atoms with van der Waals surface area (Å²) in [6.07, 6.45) is 3.25. The van der Waals surface area contributed by atoms with Crippen molar-refractivity contribution in [2.75, 3.05) is 32.7 Å². The Hall–Kier alpha value is -1.62. The fraction of sp³-hybridized carbons (Fsp3) is 0.650. The van der Waals surface area contributed by atoms with E-state index in [2.05, 4.69) is 23.6 Å². The number of rotatable bonds is 3. The van der Waals surface area contributed by atoms with E-state index >= 15 is 0 Å². The molecule has 0 unspecified atom stereocenters. The van der Waals surface area contributed by atoms with E-state index in [1.807, 2.05) is 17.0 Å². The van der Waals surface area contributed by atoms with Gasteiger partial charge in [-0.15, -0.1) is 0 Å².